The quantitative estimate of drug-likeness (QED) is 0.792. The molecule has 0 bridgehead atoms. The second kappa shape index (κ2) is 8.34. The predicted molar refractivity (Wildman–Crippen MR) is 99.6 cm³/mol. The molecule has 1 aromatic carbocycles. The minimum Gasteiger partial charge on any atom is -0.363 e. The summed E-state index contributed by atoms with van der Waals surface area (Å²) >= 11 is 0. The Hall–Kier alpha value is -2.37. The Kier molecular flexibility index (Phi) is 5.91. The molecule has 1 heterocycles. The monoisotopic (exact) mass is 357 g/mol. The first kappa shape index (κ1) is 18.4. The Bertz CT molecular complexity index is 638. The van der Waals surface area contributed by atoms with Gasteiger partial charge in [-0.1, -0.05) is 18.2 Å². The third kappa shape index (κ3) is 4.23. The van der Waals surface area contributed by atoms with Crippen molar-refractivity contribution in [3.8, 4) is 0 Å². The van der Waals surface area contributed by atoms with E-state index in [4.69, 9.17) is 0 Å². The number of likely N-dealkylation sites (N-methyl/N-ethyl adjacent to an activating group) is 1. The molecule has 1 saturated heterocycles. The van der Waals surface area contributed by atoms with E-state index in [1.807, 2.05) is 42.2 Å². The van der Waals surface area contributed by atoms with Gasteiger partial charge in [-0.25, -0.2) is 0 Å². The van der Waals surface area contributed by atoms with Crippen molar-refractivity contribution in [3.63, 3.8) is 0 Å². The molecule has 6 nitrogen and oxygen atoms in total. The van der Waals surface area contributed by atoms with E-state index in [2.05, 4.69) is 5.32 Å². The predicted octanol–water partition coefficient (Wildman–Crippen LogP) is 2.09. The fourth-order valence-electron chi connectivity index (χ4n) is 3.95. The fourth-order valence-corrected chi connectivity index (χ4v) is 3.95. The van der Waals surface area contributed by atoms with E-state index in [0.717, 1.165) is 37.9 Å². The van der Waals surface area contributed by atoms with Crippen molar-refractivity contribution in [1.82, 2.24) is 10.2 Å². The standard InChI is InChI=1S/C20H27N3O3/c1-2-22(16-6-4-3-5-7-16)14-18(24)21-15-8-10-17(11-9-15)23-19(25)12-13-20(23)26/h3-7,15,17H,2,8-14H2,1H3,(H,21,24). The lowest BCUT2D eigenvalue weighted by molar-refractivity contribution is -0.142. The van der Waals surface area contributed by atoms with Gasteiger partial charge < -0.3 is 10.2 Å². The maximum atomic E-state index is 12.4. The SMILES string of the molecule is CCN(CC(=O)NC1CCC(N2C(=O)CCC2=O)CC1)c1ccccc1. The molecule has 0 spiro atoms. The lowest BCUT2D eigenvalue weighted by Gasteiger charge is -2.34. The Morgan fingerprint density at radius 2 is 1.69 bits per heavy atom. The first-order valence-electron chi connectivity index (χ1n) is 9.52. The molecule has 26 heavy (non-hydrogen) atoms. The number of hydrogen-bond acceptors (Lipinski definition) is 4. The third-order valence-corrected chi connectivity index (χ3v) is 5.35. The van der Waals surface area contributed by atoms with Gasteiger partial charge in [0.2, 0.25) is 17.7 Å². The summed E-state index contributed by atoms with van der Waals surface area (Å²) < 4.78 is 0. The zero-order valence-electron chi connectivity index (χ0n) is 15.3. The number of nitrogens with zero attached hydrogens (tertiary/aromatic N) is 2. The number of carbonyl (C=O) groups is 3. The van der Waals surface area contributed by atoms with Crippen molar-refractivity contribution < 1.29 is 14.4 Å². The molecule has 140 valence electrons. The first-order chi connectivity index (χ1) is 12.6. The smallest absolute Gasteiger partial charge is 0.239 e. The van der Waals surface area contributed by atoms with Gasteiger partial charge in [-0.05, 0) is 44.7 Å². The number of amides is 3. The Labute approximate surface area is 154 Å². The van der Waals surface area contributed by atoms with Gasteiger partial charge in [0.15, 0.2) is 0 Å². The van der Waals surface area contributed by atoms with Crippen LogP contribution < -0.4 is 10.2 Å². The van der Waals surface area contributed by atoms with Gasteiger partial charge in [-0.15, -0.1) is 0 Å². The average Bonchev–Trinajstić information content (AvgIpc) is 2.99. The molecule has 1 aliphatic heterocycles. The van der Waals surface area contributed by atoms with Crippen LogP contribution in [0.15, 0.2) is 30.3 Å². The Morgan fingerprint density at radius 1 is 1.08 bits per heavy atom. The van der Waals surface area contributed by atoms with Crippen molar-refractivity contribution in [1.29, 1.82) is 0 Å². The molecule has 3 amide bonds. The number of hydrogen-bond donors (Lipinski definition) is 1. The van der Waals surface area contributed by atoms with Crippen molar-refractivity contribution in [2.75, 3.05) is 18.0 Å². The molecule has 1 N–H and O–H groups in total. The number of para-hydroxylation sites is 1. The molecule has 1 aliphatic carbocycles. The van der Waals surface area contributed by atoms with Gasteiger partial charge in [0.25, 0.3) is 0 Å². The average molecular weight is 357 g/mol. The number of likely N-dealkylation sites (tertiary alicyclic amines) is 1. The second-order valence-corrected chi connectivity index (χ2v) is 7.08. The van der Waals surface area contributed by atoms with Crippen molar-refractivity contribution in [3.05, 3.63) is 30.3 Å². The number of anilines is 1. The van der Waals surface area contributed by atoms with Crippen LogP contribution in [0.1, 0.15) is 45.4 Å². The van der Waals surface area contributed by atoms with Gasteiger partial charge >= 0.3 is 0 Å². The van der Waals surface area contributed by atoms with Crippen LogP contribution in [0.5, 0.6) is 0 Å². The number of imide groups is 1. The summed E-state index contributed by atoms with van der Waals surface area (Å²) in [6, 6.07) is 10.1. The van der Waals surface area contributed by atoms with Crippen molar-refractivity contribution in [2.24, 2.45) is 0 Å². The molecule has 0 aromatic heterocycles. The van der Waals surface area contributed by atoms with E-state index < -0.39 is 0 Å². The summed E-state index contributed by atoms with van der Waals surface area (Å²) in [6.07, 6.45) is 3.87. The molecule has 2 fully saturated rings. The molecular formula is C20H27N3O3. The molecule has 6 heteroatoms. The van der Waals surface area contributed by atoms with Gasteiger partial charge in [-0.2, -0.15) is 0 Å². The topological polar surface area (TPSA) is 69.7 Å². The van der Waals surface area contributed by atoms with Gasteiger partial charge in [0, 0.05) is 37.2 Å². The van der Waals surface area contributed by atoms with Crippen LogP contribution in [-0.4, -0.2) is 47.8 Å². The van der Waals surface area contributed by atoms with Crippen LogP contribution in [0, 0.1) is 0 Å². The van der Waals surface area contributed by atoms with Gasteiger partial charge in [-0.3, -0.25) is 19.3 Å². The number of rotatable bonds is 6. The van der Waals surface area contributed by atoms with Gasteiger partial charge in [0.1, 0.15) is 0 Å². The van der Waals surface area contributed by atoms with E-state index in [0.29, 0.717) is 19.4 Å². The number of benzene rings is 1. The highest BCUT2D eigenvalue weighted by molar-refractivity contribution is 6.02. The second-order valence-electron chi connectivity index (χ2n) is 7.08. The van der Waals surface area contributed by atoms with Crippen molar-refractivity contribution in [2.45, 2.75) is 57.5 Å². The maximum Gasteiger partial charge on any atom is 0.239 e. The molecule has 0 unspecified atom stereocenters. The first-order valence-corrected chi connectivity index (χ1v) is 9.52. The molecule has 1 saturated carbocycles. The largest absolute Gasteiger partial charge is 0.363 e. The minimum atomic E-state index is -0.0380. The van der Waals surface area contributed by atoms with Crippen LogP contribution in [0.25, 0.3) is 0 Å². The molecule has 0 atom stereocenters. The van der Waals surface area contributed by atoms with E-state index in [1.54, 1.807) is 0 Å². The lowest BCUT2D eigenvalue weighted by atomic mass is 9.90. The summed E-state index contributed by atoms with van der Waals surface area (Å²) in [5, 5.41) is 3.12. The van der Waals surface area contributed by atoms with E-state index in [1.165, 1.54) is 4.90 Å². The maximum absolute atomic E-state index is 12.4. The van der Waals surface area contributed by atoms with E-state index >= 15 is 0 Å². The van der Waals surface area contributed by atoms with Crippen molar-refractivity contribution >= 4 is 23.4 Å². The highest BCUT2D eigenvalue weighted by Crippen LogP contribution is 2.27. The summed E-state index contributed by atoms with van der Waals surface area (Å²) in [7, 11) is 0. The number of nitrogens with one attached hydrogen (secondary N) is 1. The van der Waals surface area contributed by atoms with E-state index in [9.17, 15) is 14.4 Å². The highest BCUT2D eigenvalue weighted by Gasteiger charge is 2.37. The Balaban J connectivity index is 1.47. The van der Waals surface area contributed by atoms with Crippen LogP contribution in [0.3, 0.4) is 0 Å². The molecule has 1 aromatic rings. The van der Waals surface area contributed by atoms with Crippen LogP contribution in [0.2, 0.25) is 0 Å². The zero-order valence-corrected chi connectivity index (χ0v) is 15.3. The van der Waals surface area contributed by atoms with Gasteiger partial charge in [0.05, 0.1) is 6.54 Å². The molecule has 2 aliphatic rings. The minimum absolute atomic E-state index is 0.0158. The summed E-state index contributed by atoms with van der Waals surface area (Å²) in [4.78, 5) is 39.7. The third-order valence-electron chi connectivity index (χ3n) is 5.35. The Morgan fingerprint density at radius 3 is 2.27 bits per heavy atom. The molecule has 3 rings (SSSR count). The lowest BCUT2D eigenvalue weighted by Crippen LogP contribution is -2.47. The molecule has 0 radical (unpaired) electrons. The van der Waals surface area contributed by atoms with Crippen LogP contribution in [-0.2, 0) is 14.4 Å². The van der Waals surface area contributed by atoms with Crippen LogP contribution >= 0.6 is 0 Å². The number of carbonyl (C=O) groups excluding carboxylic acids is 3. The zero-order chi connectivity index (χ0) is 18.5. The fraction of sp³-hybridized carbons (Fsp3) is 0.550. The summed E-state index contributed by atoms with van der Waals surface area (Å²) in [6.45, 7) is 3.14. The highest BCUT2D eigenvalue weighted by atomic mass is 16.2. The van der Waals surface area contributed by atoms with Crippen LogP contribution in [0.4, 0.5) is 5.69 Å². The van der Waals surface area contributed by atoms with E-state index in [-0.39, 0.29) is 29.8 Å². The normalized spacial score (nSPS) is 23.2. The molecular weight excluding hydrogens is 330 g/mol. The summed E-state index contributed by atoms with van der Waals surface area (Å²) in [5.74, 6) is -0.0552. The summed E-state index contributed by atoms with van der Waals surface area (Å²) in [5.41, 5.74) is 1.04.